The second-order valence-corrected chi connectivity index (χ2v) is 3.60. The zero-order chi connectivity index (χ0) is 9.84. The van der Waals surface area contributed by atoms with Gasteiger partial charge in [-0.15, -0.1) is 0 Å². The van der Waals surface area contributed by atoms with Crippen LogP contribution >= 0.6 is 0 Å². The number of hydrogen-bond donors (Lipinski definition) is 2. The summed E-state index contributed by atoms with van der Waals surface area (Å²) in [6, 6.07) is 8.28. The van der Waals surface area contributed by atoms with Gasteiger partial charge in [-0.2, -0.15) is 0 Å². The molecule has 0 amide bonds. The Kier molecular flexibility index (Phi) is 3.07. The summed E-state index contributed by atoms with van der Waals surface area (Å²) in [6.45, 7) is 4.33. The third kappa shape index (κ3) is 2.90. The zero-order valence-corrected chi connectivity index (χ0v) is 8.17. The van der Waals surface area contributed by atoms with Crippen LogP contribution in [0.3, 0.4) is 0 Å². The topological polar surface area (TPSA) is 49.9 Å². The van der Waals surface area contributed by atoms with E-state index in [4.69, 9.17) is 11.1 Å². The SMILES string of the molecule is CC(C)c1ccc(CC(=N)N)cc1. The van der Waals surface area contributed by atoms with Crippen LogP contribution < -0.4 is 5.73 Å². The molecule has 2 heteroatoms. The lowest BCUT2D eigenvalue weighted by Crippen LogP contribution is -2.12. The molecule has 1 rings (SSSR count). The smallest absolute Gasteiger partial charge is 0.0950 e. The maximum atomic E-state index is 7.15. The largest absolute Gasteiger partial charge is 0.387 e. The molecule has 0 aliphatic carbocycles. The number of benzene rings is 1. The molecule has 1 aromatic rings. The van der Waals surface area contributed by atoms with E-state index in [1.54, 1.807) is 0 Å². The van der Waals surface area contributed by atoms with E-state index in [-0.39, 0.29) is 5.84 Å². The maximum absolute atomic E-state index is 7.15. The van der Waals surface area contributed by atoms with Gasteiger partial charge in [-0.1, -0.05) is 38.1 Å². The lowest BCUT2D eigenvalue weighted by molar-refractivity contribution is 0.865. The summed E-state index contributed by atoms with van der Waals surface area (Å²) in [4.78, 5) is 0. The van der Waals surface area contributed by atoms with Crippen LogP contribution in [0.2, 0.25) is 0 Å². The number of amidine groups is 1. The zero-order valence-electron chi connectivity index (χ0n) is 8.17. The second-order valence-electron chi connectivity index (χ2n) is 3.60. The summed E-state index contributed by atoms with van der Waals surface area (Å²) >= 11 is 0. The van der Waals surface area contributed by atoms with Crippen molar-refractivity contribution in [3.63, 3.8) is 0 Å². The van der Waals surface area contributed by atoms with E-state index in [1.807, 2.05) is 12.1 Å². The van der Waals surface area contributed by atoms with E-state index in [9.17, 15) is 0 Å². The highest BCUT2D eigenvalue weighted by atomic mass is 14.7. The summed E-state index contributed by atoms with van der Waals surface area (Å²) < 4.78 is 0. The molecule has 0 unspecified atom stereocenters. The Balaban J connectivity index is 2.75. The van der Waals surface area contributed by atoms with Gasteiger partial charge in [0.15, 0.2) is 0 Å². The van der Waals surface area contributed by atoms with E-state index >= 15 is 0 Å². The minimum Gasteiger partial charge on any atom is -0.387 e. The summed E-state index contributed by atoms with van der Waals surface area (Å²) in [5.41, 5.74) is 7.74. The number of nitrogens with one attached hydrogen (secondary N) is 1. The third-order valence-electron chi connectivity index (χ3n) is 2.04. The van der Waals surface area contributed by atoms with Crippen LogP contribution in [0.4, 0.5) is 0 Å². The van der Waals surface area contributed by atoms with E-state index in [0.717, 1.165) is 5.56 Å². The highest BCUT2D eigenvalue weighted by molar-refractivity contribution is 5.79. The van der Waals surface area contributed by atoms with E-state index in [1.165, 1.54) is 5.56 Å². The van der Waals surface area contributed by atoms with Crippen molar-refractivity contribution in [2.75, 3.05) is 0 Å². The Morgan fingerprint density at radius 1 is 1.31 bits per heavy atom. The molecule has 0 aliphatic rings. The number of hydrogen-bond acceptors (Lipinski definition) is 1. The van der Waals surface area contributed by atoms with E-state index in [0.29, 0.717) is 12.3 Å². The van der Waals surface area contributed by atoms with Gasteiger partial charge in [0.2, 0.25) is 0 Å². The van der Waals surface area contributed by atoms with Crippen molar-refractivity contribution in [1.82, 2.24) is 0 Å². The highest BCUT2D eigenvalue weighted by Gasteiger charge is 1.99. The van der Waals surface area contributed by atoms with Gasteiger partial charge in [-0.3, -0.25) is 5.41 Å². The minimum atomic E-state index is 0.220. The van der Waals surface area contributed by atoms with Crippen LogP contribution in [0.5, 0.6) is 0 Å². The quantitative estimate of drug-likeness (QED) is 0.538. The predicted octanol–water partition coefficient (Wildman–Crippen LogP) is 2.29. The van der Waals surface area contributed by atoms with Crippen molar-refractivity contribution < 1.29 is 0 Å². The lowest BCUT2D eigenvalue weighted by Gasteiger charge is -2.05. The van der Waals surface area contributed by atoms with Gasteiger partial charge in [-0.05, 0) is 17.0 Å². The van der Waals surface area contributed by atoms with Crippen LogP contribution in [-0.4, -0.2) is 5.84 Å². The number of nitrogens with two attached hydrogens (primary N) is 1. The Morgan fingerprint density at radius 3 is 2.23 bits per heavy atom. The van der Waals surface area contributed by atoms with Gasteiger partial charge in [0.1, 0.15) is 0 Å². The Bertz CT molecular complexity index is 285. The van der Waals surface area contributed by atoms with Crippen molar-refractivity contribution in [1.29, 1.82) is 5.41 Å². The number of rotatable bonds is 3. The molecule has 0 atom stereocenters. The van der Waals surface area contributed by atoms with Crippen molar-refractivity contribution in [3.8, 4) is 0 Å². The van der Waals surface area contributed by atoms with Gasteiger partial charge >= 0.3 is 0 Å². The molecule has 70 valence electrons. The predicted molar refractivity (Wildman–Crippen MR) is 56.1 cm³/mol. The van der Waals surface area contributed by atoms with Crippen LogP contribution in [0, 0.1) is 5.41 Å². The van der Waals surface area contributed by atoms with Gasteiger partial charge < -0.3 is 5.73 Å². The monoisotopic (exact) mass is 176 g/mol. The highest BCUT2D eigenvalue weighted by Crippen LogP contribution is 2.14. The van der Waals surface area contributed by atoms with E-state index < -0.39 is 0 Å². The Hall–Kier alpha value is -1.31. The fourth-order valence-electron chi connectivity index (χ4n) is 1.24. The second kappa shape index (κ2) is 4.08. The van der Waals surface area contributed by atoms with Crippen molar-refractivity contribution >= 4 is 5.84 Å². The first-order valence-electron chi connectivity index (χ1n) is 4.51. The van der Waals surface area contributed by atoms with Crippen LogP contribution in [-0.2, 0) is 6.42 Å². The summed E-state index contributed by atoms with van der Waals surface area (Å²) in [6.07, 6.45) is 0.554. The molecule has 0 heterocycles. The third-order valence-corrected chi connectivity index (χ3v) is 2.04. The molecule has 0 spiro atoms. The van der Waals surface area contributed by atoms with Crippen LogP contribution in [0.15, 0.2) is 24.3 Å². The van der Waals surface area contributed by atoms with Gasteiger partial charge in [0.25, 0.3) is 0 Å². The lowest BCUT2D eigenvalue weighted by atomic mass is 10.0. The summed E-state index contributed by atoms with van der Waals surface area (Å²) in [5, 5.41) is 7.15. The molecular weight excluding hydrogens is 160 g/mol. The molecule has 0 aliphatic heterocycles. The van der Waals surface area contributed by atoms with Crippen molar-refractivity contribution in [3.05, 3.63) is 35.4 Å². The first-order chi connectivity index (χ1) is 6.09. The Labute approximate surface area is 79.3 Å². The van der Waals surface area contributed by atoms with Gasteiger partial charge in [0.05, 0.1) is 5.84 Å². The molecule has 0 fully saturated rings. The molecule has 1 aromatic carbocycles. The Morgan fingerprint density at radius 2 is 1.85 bits per heavy atom. The van der Waals surface area contributed by atoms with Gasteiger partial charge in [-0.25, -0.2) is 0 Å². The molecular formula is C11H16N2. The molecule has 0 saturated carbocycles. The maximum Gasteiger partial charge on any atom is 0.0950 e. The minimum absolute atomic E-state index is 0.220. The standard InChI is InChI=1S/C11H16N2/c1-8(2)10-5-3-9(4-6-10)7-11(12)13/h3-6,8H,7H2,1-2H3,(H3,12,13). The fraction of sp³-hybridized carbons (Fsp3) is 0.364. The average molecular weight is 176 g/mol. The summed E-state index contributed by atoms with van der Waals surface area (Å²) in [5.74, 6) is 0.781. The molecule has 2 nitrogen and oxygen atoms in total. The van der Waals surface area contributed by atoms with Crippen molar-refractivity contribution in [2.45, 2.75) is 26.2 Å². The van der Waals surface area contributed by atoms with Gasteiger partial charge in [0, 0.05) is 6.42 Å². The van der Waals surface area contributed by atoms with E-state index in [2.05, 4.69) is 26.0 Å². The molecule has 0 aromatic heterocycles. The first kappa shape index (κ1) is 9.78. The first-order valence-corrected chi connectivity index (χ1v) is 4.51. The average Bonchev–Trinajstić information content (AvgIpc) is 2.04. The molecule has 3 N–H and O–H groups in total. The molecule has 13 heavy (non-hydrogen) atoms. The van der Waals surface area contributed by atoms with Crippen LogP contribution in [0.25, 0.3) is 0 Å². The van der Waals surface area contributed by atoms with Crippen molar-refractivity contribution in [2.24, 2.45) is 5.73 Å². The molecule has 0 bridgehead atoms. The molecule has 0 radical (unpaired) electrons. The summed E-state index contributed by atoms with van der Waals surface area (Å²) in [7, 11) is 0. The normalized spacial score (nSPS) is 10.4. The fourth-order valence-corrected chi connectivity index (χ4v) is 1.24. The van der Waals surface area contributed by atoms with Crippen LogP contribution in [0.1, 0.15) is 30.9 Å². The molecule has 0 saturated heterocycles.